The summed E-state index contributed by atoms with van der Waals surface area (Å²) in [5.74, 6) is -1.46. The summed E-state index contributed by atoms with van der Waals surface area (Å²) in [4.78, 5) is 56.4. The van der Waals surface area contributed by atoms with Gasteiger partial charge in [-0.25, -0.2) is 9.59 Å². The van der Waals surface area contributed by atoms with Gasteiger partial charge in [0, 0.05) is 5.75 Å². The highest BCUT2D eigenvalue weighted by molar-refractivity contribution is 8.00. The molecule has 0 radical (unpaired) electrons. The van der Waals surface area contributed by atoms with Crippen LogP contribution in [0.1, 0.15) is 55.2 Å². The van der Waals surface area contributed by atoms with Crippen molar-refractivity contribution in [2.75, 3.05) is 5.75 Å². The maximum Gasteiger partial charge on any atom is 0.408 e. The number of nitrogens with zero attached hydrogens (tertiary/aromatic N) is 1. The van der Waals surface area contributed by atoms with Crippen LogP contribution in [0.4, 0.5) is 4.79 Å². The zero-order chi connectivity index (χ0) is 37.5. The summed E-state index contributed by atoms with van der Waals surface area (Å²) in [6, 6.07) is 32.3. The zero-order valence-electron chi connectivity index (χ0n) is 29.6. The van der Waals surface area contributed by atoms with Gasteiger partial charge in [0.1, 0.15) is 34.5 Å². The summed E-state index contributed by atoms with van der Waals surface area (Å²) < 4.78 is 11.7. The van der Waals surface area contributed by atoms with Crippen LogP contribution in [0.2, 0.25) is 0 Å². The van der Waals surface area contributed by atoms with Gasteiger partial charge in [-0.15, -0.1) is 11.8 Å². The molecule has 1 unspecified atom stereocenters. The first-order valence-corrected chi connectivity index (χ1v) is 18.3. The van der Waals surface area contributed by atoms with E-state index in [0.29, 0.717) is 23.3 Å². The van der Waals surface area contributed by atoms with E-state index in [2.05, 4.69) is 10.6 Å². The van der Waals surface area contributed by atoms with Crippen LogP contribution < -0.4 is 10.6 Å². The average Bonchev–Trinajstić information content (AvgIpc) is 3.15. The molecule has 3 amide bonds. The van der Waals surface area contributed by atoms with Gasteiger partial charge >= 0.3 is 12.1 Å². The summed E-state index contributed by atoms with van der Waals surface area (Å²) in [7, 11) is 0. The number of amides is 3. The number of esters is 1. The van der Waals surface area contributed by atoms with Gasteiger partial charge in [0.25, 0.3) is 5.91 Å². The van der Waals surface area contributed by atoms with Gasteiger partial charge in [-0.1, -0.05) is 115 Å². The fraction of sp³-hybridized carbons (Fsp3) is 0.238. The Hall–Kier alpha value is -5.81. The molecule has 2 aliphatic heterocycles. The number of aromatic hydroxyl groups is 1. The van der Waals surface area contributed by atoms with Gasteiger partial charge in [-0.3, -0.25) is 14.5 Å². The van der Waals surface area contributed by atoms with Crippen LogP contribution in [0, 0.1) is 0 Å². The van der Waals surface area contributed by atoms with Crippen molar-refractivity contribution in [2.45, 2.75) is 56.4 Å². The van der Waals surface area contributed by atoms with Crippen molar-refractivity contribution in [3.63, 3.8) is 0 Å². The summed E-state index contributed by atoms with van der Waals surface area (Å²) >= 11 is 1.41. The van der Waals surface area contributed by atoms with Gasteiger partial charge in [-0.2, -0.15) is 0 Å². The number of fused-ring (bicyclic) bond motifs is 1. The number of β-lactam (4-membered cyclic amide) rings is 1. The van der Waals surface area contributed by atoms with Gasteiger partial charge in [0.15, 0.2) is 6.10 Å². The summed E-state index contributed by atoms with van der Waals surface area (Å²) in [6.45, 7) is 5.10. The first kappa shape index (κ1) is 37.0. The lowest BCUT2D eigenvalue weighted by Crippen LogP contribution is -2.71. The Kier molecular flexibility index (Phi) is 11.3. The Morgan fingerprint density at radius 1 is 0.868 bits per heavy atom. The third-order valence-corrected chi connectivity index (χ3v) is 9.89. The van der Waals surface area contributed by atoms with Crippen molar-refractivity contribution in [3.8, 4) is 5.75 Å². The Morgan fingerprint density at radius 2 is 1.45 bits per heavy atom. The van der Waals surface area contributed by atoms with E-state index in [1.165, 1.54) is 40.9 Å². The van der Waals surface area contributed by atoms with Crippen LogP contribution in [0.25, 0.3) is 0 Å². The lowest BCUT2D eigenvalue weighted by Gasteiger charge is -2.49. The number of thioether (sulfide) groups is 1. The highest BCUT2D eigenvalue weighted by atomic mass is 32.2. The average molecular weight is 732 g/mol. The molecule has 3 atom stereocenters. The maximum absolute atomic E-state index is 14.3. The van der Waals surface area contributed by atoms with E-state index in [0.717, 1.165) is 16.7 Å². The summed E-state index contributed by atoms with van der Waals surface area (Å²) in [5.41, 5.74) is 2.92. The number of nitrogens with one attached hydrogen (secondary N) is 2. The van der Waals surface area contributed by atoms with Gasteiger partial charge in [0.05, 0.1) is 0 Å². The lowest BCUT2D eigenvalue weighted by atomic mass is 9.99. The molecule has 0 saturated carbocycles. The molecule has 2 aliphatic rings. The predicted octanol–water partition coefficient (Wildman–Crippen LogP) is 6.74. The smallest absolute Gasteiger partial charge is 0.408 e. The number of hydrogen-bond acceptors (Lipinski definition) is 8. The van der Waals surface area contributed by atoms with Crippen LogP contribution in [0.5, 0.6) is 5.75 Å². The number of allylic oxidation sites excluding steroid dienone is 2. The molecule has 2 heterocycles. The number of alkyl carbamates (subject to hydrolysis) is 1. The van der Waals surface area contributed by atoms with Crippen molar-refractivity contribution in [1.82, 2.24) is 15.5 Å². The van der Waals surface area contributed by atoms with Gasteiger partial charge in [-0.05, 0) is 67.2 Å². The monoisotopic (exact) mass is 731 g/mol. The zero-order valence-corrected chi connectivity index (χ0v) is 30.4. The Balaban J connectivity index is 1.28. The normalized spacial score (nSPS) is 17.5. The van der Waals surface area contributed by atoms with E-state index in [4.69, 9.17) is 9.47 Å². The van der Waals surface area contributed by atoms with Gasteiger partial charge < -0.3 is 25.2 Å². The van der Waals surface area contributed by atoms with Crippen LogP contribution in [-0.4, -0.2) is 56.7 Å². The number of phenols is 1. The van der Waals surface area contributed by atoms with E-state index in [1.54, 1.807) is 20.8 Å². The number of hydrogen-bond donors (Lipinski definition) is 3. The van der Waals surface area contributed by atoms with E-state index < -0.39 is 53.0 Å². The third-order valence-electron chi connectivity index (χ3n) is 8.58. The molecular formula is C42H41N3O7S. The largest absolute Gasteiger partial charge is 0.508 e. The van der Waals surface area contributed by atoms with E-state index in [1.807, 2.05) is 103 Å². The highest BCUT2D eigenvalue weighted by Gasteiger charge is 2.55. The fourth-order valence-electron chi connectivity index (χ4n) is 6.09. The van der Waals surface area contributed by atoms with Crippen molar-refractivity contribution in [1.29, 1.82) is 0 Å². The van der Waals surface area contributed by atoms with Crippen molar-refractivity contribution in [2.24, 2.45) is 0 Å². The third kappa shape index (κ3) is 8.99. The first-order chi connectivity index (χ1) is 25.5. The molecule has 1 fully saturated rings. The molecule has 53 heavy (non-hydrogen) atoms. The van der Waals surface area contributed by atoms with Crippen molar-refractivity contribution in [3.05, 3.63) is 161 Å². The Morgan fingerprint density at radius 3 is 2.04 bits per heavy atom. The second-order valence-corrected chi connectivity index (χ2v) is 14.7. The fourth-order valence-corrected chi connectivity index (χ4v) is 7.41. The van der Waals surface area contributed by atoms with Crippen LogP contribution in [-0.2, 0) is 30.3 Å². The maximum atomic E-state index is 14.3. The van der Waals surface area contributed by atoms with Crippen LogP contribution in [0.15, 0.2) is 139 Å². The molecule has 10 nitrogen and oxygen atoms in total. The molecule has 0 aliphatic carbocycles. The second kappa shape index (κ2) is 16.2. The minimum Gasteiger partial charge on any atom is -0.508 e. The molecule has 272 valence electrons. The Bertz CT molecular complexity index is 1960. The quantitative estimate of drug-likeness (QED) is 0.114. The minimum absolute atomic E-state index is 0.0183. The summed E-state index contributed by atoms with van der Waals surface area (Å²) in [5, 5.41) is 14.6. The number of phenolic OH excluding ortho intramolecular Hbond substituents is 1. The molecule has 0 spiro atoms. The molecular weight excluding hydrogens is 691 g/mol. The molecule has 4 aromatic rings. The Labute approximate surface area is 312 Å². The van der Waals surface area contributed by atoms with E-state index >= 15 is 0 Å². The van der Waals surface area contributed by atoms with Crippen LogP contribution in [0.3, 0.4) is 0 Å². The van der Waals surface area contributed by atoms with Crippen molar-refractivity contribution < 1.29 is 33.8 Å². The predicted molar refractivity (Wildman–Crippen MR) is 202 cm³/mol. The number of ether oxygens (including phenoxy) is 2. The minimum atomic E-state index is -1.24. The van der Waals surface area contributed by atoms with Gasteiger partial charge in [0.2, 0.25) is 5.91 Å². The molecule has 0 bridgehead atoms. The first-order valence-electron chi connectivity index (χ1n) is 17.3. The highest BCUT2D eigenvalue weighted by Crippen LogP contribution is 2.42. The second-order valence-electron chi connectivity index (χ2n) is 13.6. The number of carbonyl (C=O) groups excluding carboxylic acids is 4. The van der Waals surface area contributed by atoms with E-state index in [9.17, 15) is 24.3 Å². The molecule has 4 aromatic carbocycles. The van der Waals surface area contributed by atoms with Crippen molar-refractivity contribution >= 4 is 35.6 Å². The molecule has 1 saturated heterocycles. The van der Waals surface area contributed by atoms with E-state index in [-0.39, 0.29) is 11.4 Å². The number of benzene rings is 4. The standard InChI is InChI=1S/C42H41N3O7S/c1-42(2,3)52-41(50)44-33(28-22-24-32(46)25-23-28)37(47)43-34-38(48)45-35(31(26-53-39(34)45)21-13-16-27-14-7-4-8-15-27)40(49)51-36(29-17-9-5-10-18-29)30-19-11-6-12-20-30/h4-15,17-25,33-34,36,39,46H,16,26H2,1-3H3,(H,43,47)(H,44,50)/t33?,34-,39+/m1/s1. The molecule has 11 heteroatoms. The SMILES string of the molecule is CC(C)(C)OC(=O)NC(C(=O)N[C@@H]1C(=O)N2C(C(=O)OC(c3ccccc3)c3ccccc3)=C(C=CCc3ccccc3)CS[C@@H]12)c1ccc(O)cc1. The molecule has 3 N–H and O–H groups in total. The number of carbonyl (C=O) groups is 4. The summed E-state index contributed by atoms with van der Waals surface area (Å²) in [6.07, 6.45) is 2.87. The topological polar surface area (TPSA) is 134 Å². The molecule has 0 aromatic heterocycles. The van der Waals surface area contributed by atoms with Crippen LogP contribution >= 0.6 is 11.8 Å². The molecule has 6 rings (SSSR count). The number of rotatable bonds is 11. The lowest BCUT2D eigenvalue weighted by molar-refractivity contribution is -0.154.